The van der Waals surface area contributed by atoms with Gasteiger partial charge in [0.05, 0.1) is 17.3 Å². The van der Waals surface area contributed by atoms with Gasteiger partial charge in [-0.05, 0) is 36.2 Å². The molecule has 0 saturated heterocycles. The lowest BCUT2D eigenvalue weighted by atomic mass is 10.1. The van der Waals surface area contributed by atoms with Crippen LogP contribution in [0.25, 0.3) is 0 Å². The Morgan fingerprint density at radius 1 is 0.970 bits per heavy atom. The zero-order chi connectivity index (χ0) is 22.8. The lowest BCUT2D eigenvalue weighted by molar-refractivity contribution is -0.114. The number of halogens is 1. The Morgan fingerprint density at radius 3 is 2.61 bits per heavy atom. The summed E-state index contributed by atoms with van der Waals surface area (Å²) in [5, 5.41) is 6.22. The van der Waals surface area contributed by atoms with Gasteiger partial charge < -0.3 is 25.0 Å². The van der Waals surface area contributed by atoms with Crippen LogP contribution in [0.2, 0.25) is 5.02 Å². The highest BCUT2D eigenvalue weighted by Gasteiger charge is 2.25. The average molecular weight is 464 g/mol. The Bertz CT molecular complexity index is 1230. The number of carbonyl (C=O) groups is 2. The quantitative estimate of drug-likeness (QED) is 0.587. The second-order valence-corrected chi connectivity index (χ2v) is 8.20. The highest BCUT2D eigenvalue weighted by molar-refractivity contribution is 6.34. The van der Waals surface area contributed by atoms with Gasteiger partial charge in [0, 0.05) is 35.6 Å². The van der Waals surface area contributed by atoms with E-state index in [-0.39, 0.29) is 18.4 Å². The number of benzene rings is 3. The van der Waals surface area contributed by atoms with E-state index in [9.17, 15) is 9.59 Å². The first-order valence-electron chi connectivity index (χ1n) is 10.7. The molecule has 0 spiro atoms. The fourth-order valence-electron chi connectivity index (χ4n) is 4.00. The van der Waals surface area contributed by atoms with Gasteiger partial charge >= 0.3 is 0 Å². The Morgan fingerprint density at radius 2 is 1.76 bits per heavy atom. The lowest BCUT2D eigenvalue weighted by Gasteiger charge is -2.20. The zero-order valence-corrected chi connectivity index (χ0v) is 18.5. The fourth-order valence-corrected chi connectivity index (χ4v) is 4.20. The van der Waals surface area contributed by atoms with E-state index >= 15 is 0 Å². The van der Waals surface area contributed by atoms with E-state index in [4.69, 9.17) is 21.1 Å². The molecule has 0 bridgehead atoms. The standard InChI is InChI=1S/C25H22ClN3O4/c26-19-13-22-23(33-11-10-32-22)14-20(19)28-24(30)15-27-18-6-3-5-17(12-18)25(31)29-9-8-16-4-1-2-7-21(16)29/h1-7,12-14,27H,8-11,15H2,(H,28,30). The SMILES string of the molecule is O=C(CNc1cccc(C(=O)N2CCc3ccccc32)c1)Nc1cc2c(cc1Cl)OCCO2. The van der Waals surface area contributed by atoms with Crippen LogP contribution >= 0.6 is 11.6 Å². The number of carbonyl (C=O) groups excluding carboxylic acids is 2. The van der Waals surface area contributed by atoms with Gasteiger partial charge in [-0.25, -0.2) is 0 Å². The molecule has 2 aliphatic heterocycles. The zero-order valence-electron chi connectivity index (χ0n) is 17.8. The van der Waals surface area contributed by atoms with E-state index in [2.05, 4.69) is 10.6 Å². The lowest BCUT2D eigenvalue weighted by Crippen LogP contribution is -2.29. The molecule has 7 nitrogen and oxygen atoms in total. The molecule has 2 amide bonds. The van der Waals surface area contributed by atoms with Crippen LogP contribution in [0.4, 0.5) is 17.1 Å². The van der Waals surface area contributed by atoms with Crippen LogP contribution in [0.5, 0.6) is 11.5 Å². The van der Waals surface area contributed by atoms with Crippen LogP contribution < -0.4 is 25.0 Å². The number of hydrogen-bond acceptors (Lipinski definition) is 5. The summed E-state index contributed by atoms with van der Waals surface area (Å²) in [6.45, 7) is 1.58. The number of rotatable bonds is 5. The average Bonchev–Trinajstić information content (AvgIpc) is 3.27. The fraction of sp³-hybridized carbons (Fsp3) is 0.200. The van der Waals surface area contributed by atoms with Crippen LogP contribution in [0.1, 0.15) is 15.9 Å². The van der Waals surface area contributed by atoms with Gasteiger partial charge in [0.25, 0.3) is 5.91 Å². The monoisotopic (exact) mass is 463 g/mol. The summed E-state index contributed by atoms with van der Waals surface area (Å²) >= 11 is 6.26. The van der Waals surface area contributed by atoms with E-state index in [0.29, 0.717) is 53.2 Å². The molecule has 3 aromatic rings. The summed E-state index contributed by atoms with van der Waals surface area (Å²) in [4.78, 5) is 27.4. The van der Waals surface area contributed by atoms with Crippen molar-refractivity contribution in [3.05, 3.63) is 76.8 Å². The third-order valence-corrected chi connectivity index (χ3v) is 5.91. The molecule has 2 aliphatic rings. The van der Waals surface area contributed by atoms with Crippen molar-refractivity contribution >= 4 is 40.5 Å². The number of para-hydroxylation sites is 1. The van der Waals surface area contributed by atoms with Crippen molar-refractivity contribution in [1.29, 1.82) is 0 Å². The van der Waals surface area contributed by atoms with Gasteiger partial charge in [0.15, 0.2) is 11.5 Å². The Labute approximate surface area is 196 Å². The summed E-state index contributed by atoms with van der Waals surface area (Å²) in [5.41, 5.74) is 3.82. The van der Waals surface area contributed by atoms with E-state index in [0.717, 1.165) is 12.1 Å². The number of hydrogen-bond donors (Lipinski definition) is 2. The Balaban J connectivity index is 1.23. The second-order valence-electron chi connectivity index (χ2n) is 7.79. The van der Waals surface area contributed by atoms with Gasteiger partial charge in [-0.2, -0.15) is 0 Å². The van der Waals surface area contributed by atoms with Crippen LogP contribution in [-0.4, -0.2) is 38.1 Å². The molecule has 0 aliphatic carbocycles. The van der Waals surface area contributed by atoms with Crippen molar-refractivity contribution in [2.75, 3.05) is 41.8 Å². The van der Waals surface area contributed by atoms with Crippen molar-refractivity contribution < 1.29 is 19.1 Å². The molecule has 0 unspecified atom stereocenters. The van der Waals surface area contributed by atoms with Gasteiger partial charge in [0.1, 0.15) is 13.2 Å². The van der Waals surface area contributed by atoms with Gasteiger partial charge in [-0.1, -0.05) is 35.9 Å². The predicted molar refractivity (Wildman–Crippen MR) is 128 cm³/mol. The minimum atomic E-state index is -0.279. The van der Waals surface area contributed by atoms with Crippen LogP contribution in [0.15, 0.2) is 60.7 Å². The Hall–Kier alpha value is -3.71. The maximum absolute atomic E-state index is 13.1. The number of nitrogens with zero attached hydrogens (tertiary/aromatic N) is 1. The van der Waals surface area contributed by atoms with E-state index in [1.165, 1.54) is 5.56 Å². The van der Waals surface area contributed by atoms with Crippen LogP contribution in [-0.2, 0) is 11.2 Å². The van der Waals surface area contributed by atoms with Gasteiger partial charge in [-0.15, -0.1) is 0 Å². The summed E-state index contributed by atoms with van der Waals surface area (Å²) in [5.74, 6) is 0.767. The molecule has 0 radical (unpaired) electrons. The molecule has 5 rings (SSSR count). The molecule has 33 heavy (non-hydrogen) atoms. The normalized spacial score (nSPS) is 13.9. The van der Waals surface area contributed by atoms with Crippen molar-refractivity contribution in [1.82, 2.24) is 0 Å². The van der Waals surface area contributed by atoms with Crippen molar-refractivity contribution in [2.24, 2.45) is 0 Å². The minimum absolute atomic E-state index is 0.00889. The molecule has 2 N–H and O–H groups in total. The number of amides is 2. The highest BCUT2D eigenvalue weighted by Crippen LogP contribution is 2.38. The number of ether oxygens (including phenoxy) is 2. The van der Waals surface area contributed by atoms with E-state index in [1.807, 2.05) is 30.3 Å². The highest BCUT2D eigenvalue weighted by atomic mass is 35.5. The first kappa shape index (κ1) is 21.2. The number of fused-ring (bicyclic) bond motifs is 2. The minimum Gasteiger partial charge on any atom is -0.486 e. The first-order valence-corrected chi connectivity index (χ1v) is 11.1. The second kappa shape index (κ2) is 9.03. The van der Waals surface area contributed by atoms with Gasteiger partial charge in [0.2, 0.25) is 5.91 Å². The topological polar surface area (TPSA) is 79.9 Å². The molecular weight excluding hydrogens is 442 g/mol. The number of nitrogens with one attached hydrogen (secondary N) is 2. The summed E-state index contributed by atoms with van der Waals surface area (Å²) < 4.78 is 11.0. The van der Waals surface area contributed by atoms with Crippen LogP contribution in [0, 0.1) is 0 Å². The predicted octanol–water partition coefficient (Wildman–Crippen LogP) is 4.36. The molecule has 3 aromatic carbocycles. The largest absolute Gasteiger partial charge is 0.486 e. The molecule has 2 heterocycles. The Kier molecular flexibility index (Phi) is 5.79. The molecular formula is C25H22ClN3O4. The maximum atomic E-state index is 13.1. The third-order valence-electron chi connectivity index (χ3n) is 5.60. The van der Waals surface area contributed by atoms with Gasteiger partial charge in [-0.3, -0.25) is 9.59 Å². The van der Waals surface area contributed by atoms with Crippen molar-refractivity contribution in [2.45, 2.75) is 6.42 Å². The summed E-state index contributed by atoms with van der Waals surface area (Å²) in [7, 11) is 0. The maximum Gasteiger partial charge on any atom is 0.258 e. The van der Waals surface area contributed by atoms with Crippen molar-refractivity contribution in [3.8, 4) is 11.5 Å². The smallest absolute Gasteiger partial charge is 0.258 e. The summed E-state index contributed by atoms with van der Waals surface area (Å²) in [6.07, 6.45) is 0.850. The van der Waals surface area contributed by atoms with Crippen molar-refractivity contribution in [3.63, 3.8) is 0 Å². The molecule has 8 heteroatoms. The van der Waals surface area contributed by atoms with E-state index < -0.39 is 0 Å². The third kappa shape index (κ3) is 4.45. The van der Waals surface area contributed by atoms with E-state index in [1.54, 1.807) is 35.2 Å². The molecule has 0 saturated carbocycles. The van der Waals surface area contributed by atoms with Crippen LogP contribution in [0.3, 0.4) is 0 Å². The molecule has 0 fully saturated rings. The molecule has 0 atom stereocenters. The number of anilines is 3. The summed E-state index contributed by atoms with van der Waals surface area (Å²) in [6, 6.07) is 18.4. The molecule has 168 valence electrons. The molecule has 0 aromatic heterocycles. The first-order chi connectivity index (χ1) is 16.1.